The Balaban J connectivity index is 2.65. The van der Waals surface area contributed by atoms with Crippen molar-refractivity contribution >= 4 is 28.5 Å². The molecule has 0 aliphatic carbocycles. The molecule has 0 aliphatic heterocycles. The normalized spacial score (nSPS) is 10.2. The largest absolute Gasteiger partial charge is 0.359 e. The number of aryl methyl sites for hydroxylation is 2. The molecular weight excluding hydrogens is 321 g/mol. The van der Waals surface area contributed by atoms with Crippen molar-refractivity contribution in [3.8, 4) is 0 Å². The molecule has 0 aliphatic rings. The molecule has 0 radical (unpaired) electrons. The molecule has 16 heavy (non-hydrogen) atoms. The zero-order chi connectivity index (χ0) is 12.1. The van der Waals surface area contributed by atoms with Crippen LogP contribution in [0.2, 0.25) is 0 Å². The minimum absolute atomic E-state index is 0.0113. The summed E-state index contributed by atoms with van der Waals surface area (Å²) in [6, 6.07) is 0. The minimum atomic E-state index is -0.0370. The van der Waals surface area contributed by atoms with E-state index in [1.54, 1.807) is 14.0 Å². The summed E-state index contributed by atoms with van der Waals surface area (Å²) in [6.45, 7) is 2.33. The number of halogens is 1. The average molecular weight is 335 g/mol. The molecule has 0 bridgehead atoms. The maximum Gasteiger partial charge on any atom is 0.266 e. The second-order valence-electron chi connectivity index (χ2n) is 3.42. The smallest absolute Gasteiger partial charge is 0.266 e. The molecule has 0 saturated carbocycles. The lowest BCUT2D eigenvalue weighted by Crippen LogP contribution is -2.25. The molecule has 1 aromatic rings. The fourth-order valence-electron chi connectivity index (χ4n) is 1.24. The Kier molecular flexibility index (Phi) is 4.91. The Morgan fingerprint density at radius 1 is 1.62 bits per heavy atom. The molecule has 5 nitrogen and oxygen atoms in total. The average Bonchev–Trinajstić information content (AvgIpc) is 2.29. The summed E-state index contributed by atoms with van der Waals surface area (Å²) in [5.41, 5.74) is 0.707. The SMILES string of the molecule is CNC(=O)CCCn1cnc(C)c(I)c1=O. The van der Waals surface area contributed by atoms with Gasteiger partial charge in [-0.05, 0) is 35.9 Å². The Morgan fingerprint density at radius 2 is 2.31 bits per heavy atom. The van der Waals surface area contributed by atoms with E-state index in [2.05, 4.69) is 10.3 Å². The van der Waals surface area contributed by atoms with E-state index in [4.69, 9.17) is 0 Å². The van der Waals surface area contributed by atoms with E-state index in [-0.39, 0.29) is 11.5 Å². The zero-order valence-corrected chi connectivity index (χ0v) is 11.4. The Morgan fingerprint density at radius 3 is 2.94 bits per heavy atom. The van der Waals surface area contributed by atoms with Gasteiger partial charge in [0.05, 0.1) is 15.6 Å². The Hall–Kier alpha value is -0.920. The van der Waals surface area contributed by atoms with Crippen LogP contribution in [0.3, 0.4) is 0 Å². The van der Waals surface area contributed by atoms with E-state index in [1.165, 1.54) is 10.9 Å². The maximum atomic E-state index is 11.7. The molecule has 1 heterocycles. The fourth-order valence-corrected chi connectivity index (χ4v) is 1.69. The summed E-state index contributed by atoms with van der Waals surface area (Å²) in [6.07, 6.45) is 2.59. The summed E-state index contributed by atoms with van der Waals surface area (Å²) in [4.78, 5) is 26.9. The van der Waals surface area contributed by atoms with Crippen LogP contribution in [0.4, 0.5) is 0 Å². The first kappa shape index (κ1) is 13.1. The highest BCUT2D eigenvalue weighted by atomic mass is 127. The van der Waals surface area contributed by atoms with Crippen LogP contribution in [0.1, 0.15) is 18.5 Å². The van der Waals surface area contributed by atoms with Crippen LogP contribution in [0, 0.1) is 10.5 Å². The quantitative estimate of drug-likeness (QED) is 0.824. The van der Waals surface area contributed by atoms with Gasteiger partial charge in [0.2, 0.25) is 5.91 Å². The van der Waals surface area contributed by atoms with Crippen LogP contribution in [-0.2, 0) is 11.3 Å². The zero-order valence-electron chi connectivity index (χ0n) is 9.29. The molecule has 0 fully saturated rings. The van der Waals surface area contributed by atoms with Gasteiger partial charge in [-0.15, -0.1) is 0 Å². The van der Waals surface area contributed by atoms with Gasteiger partial charge in [0.15, 0.2) is 0 Å². The highest BCUT2D eigenvalue weighted by Gasteiger charge is 2.05. The number of carbonyl (C=O) groups is 1. The first-order valence-corrected chi connectivity index (χ1v) is 6.06. The topological polar surface area (TPSA) is 64.0 Å². The number of rotatable bonds is 4. The monoisotopic (exact) mass is 335 g/mol. The third-order valence-electron chi connectivity index (χ3n) is 2.24. The number of hydrogen-bond acceptors (Lipinski definition) is 3. The highest BCUT2D eigenvalue weighted by molar-refractivity contribution is 14.1. The maximum absolute atomic E-state index is 11.7. The van der Waals surface area contributed by atoms with E-state index >= 15 is 0 Å². The molecule has 1 rings (SSSR count). The lowest BCUT2D eigenvalue weighted by molar-refractivity contribution is -0.120. The van der Waals surface area contributed by atoms with Crippen molar-refractivity contribution < 1.29 is 4.79 Å². The van der Waals surface area contributed by atoms with Crippen molar-refractivity contribution in [2.45, 2.75) is 26.3 Å². The first-order valence-electron chi connectivity index (χ1n) is 4.98. The number of amides is 1. The van der Waals surface area contributed by atoms with E-state index in [1.807, 2.05) is 22.6 Å². The Labute approximate surface area is 107 Å². The van der Waals surface area contributed by atoms with Crippen LogP contribution >= 0.6 is 22.6 Å². The van der Waals surface area contributed by atoms with Crippen molar-refractivity contribution in [3.05, 3.63) is 25.9 Å². The van der Waals surface area contributed by atoms with Crippen LogP contribution in [0.15, 0.2) is 11.1 Å². The van der Waals surface area contributed by atoms with E-state index in [0.717, 1.165) is 5.69 Å². The van der Waals surface area contributed by atoms with Gasteiger partial charge in [0.1, 0.15) is 0 Å². The molecule has 6 heteroatoms. The molecule has 88 valence electrons. The van der Waals surface area contributed by atoms with E-state index < -0.39 is 0 Å². The number of carbonyl (C=O) groups excluding carboxylic acids is 1. The molecule has 1 amide bonds. The van der Waals surface area contributed by atoms with Gasteiger partial charge in [-0.1, -0.05) is 0 Å². The summed E-state index contributed by atoms with van der Waals surface area (Å²) in [7, 11) is 1.60. The van der Waals surface area contributed by atoms with Gasteiger partial charge in [-0.2, -0.15) is 0 Å². The van der Waals surface area contributed by atoms with Gasteiger partial charge >= 0.3 is 0 Å². The first-order chi connectivity index (χ1) is 7.56. The number of aromatic nitrogens is 2. The van der Waals surface area contributed by atoms with Crippen molar-refractivity contribution in [3.63, 3.8) is 0 Å². The second kappa shape index (κ2) is 5.97. The van der Waals surface area contributed by atoms with Crippen molar-refractivity contribution in [2.24, 2.45) is 0 Å². The third-order valence-corrected chi connectivity index (χ3v) is 3.48. The molecule has 1 aromatic heterocycles. The van der Waals surface area contributed by atoms with Gasteiger partial charge < -0.3 is 5.32 Å². The van der Waals surface area contributed by atoms with Crippen LogP contribution in [0.25, 0.3) is 0 Å². The third kappa shape index (κ3) is 3.29. The van der Waals surface area contributed by atoms with Crippen LogP contribution < -0.4 is 10.9 Å². The molecule has 0 unspecified atom stereocenters. The summed E-state index contributed by atoms with van der Waals surface area (Å²) >= 11 is 1.99. The van der Waals surface area contributed by atoms with Crippen molar-refractivity contribution in [1.29, 1.82) is 0 Å². The fraction of sp³-hybridized carbons (Fsp3) is 0.500. The lowest BCUT2D eigenvalue weighted by Gasteiger charge is -2.06. The number of nitrogens with one attached hydrogen (secondary N) is 1. The highest BCUT2D eigenvalue weighted by Crippen LogP contribution is 2.02. The van der Waals surface area contributed by atoms with E-state index in [9.17, 15) is 9.59 Å². The summed E-state index contributed by atoms with van der Waals surface area (Å²) < 4.78 is 2.18. The molecule has 0 atom stereocenters. The van der Waals surface area contributed by atoms with Gasteiger partial charge in [-0.3, -0.25) is 14.2 Å². The Bertz CT molecular complexity index is 442. The summed E-state index contributed by atoms with van der Waals surface area (Å²) in [5.74, 6) is -0.0113. The molecule has 0 spiro atoms. The summed E-state index contributed by atoms with van der Waals surface area (Å²) in [5, 5.41) is 2.54. The number of nitrogens with zero attached hydrogens (tertiary/aromatic N) is 2. The predicted molar refractivity (Wildman–Crippen MR) is 69.3 cm³/mol. The second-order valence-corrected chi connectivity index (χ2v) is 4.50. The van der Waals surface area contributed by atoms with E-state index in [0.29, 0.717) is 23.0 Å². The molecular formula is C10H14IN3O2. The van der Waals surface area contributed by atoms with Crippen molar-refractivity contribution in [1.82, 2.24) is 14.9 Å². The lowest BCUT2D eigenvalue weighted by atomic mass is 10.3. The van der Waals surface area contributed by atoms with Gasteiger partial charge in [0.25, 0.3) is 5.56 Å². The number of hydrogen-bond donors (Lipinski definition) is 1. The molecule has 1 N–H and O–H groups in total. The molecule has 0 aromatic carbocycles. The van der Waals surface area contributed by atoms with Crippen LogP contribution in [-0.4, -0.2) is 22.5 Å². The van der Waals surface area contributed by atoms with Gasteiger partial charge in [0, 0.05) is 20.0 Å². The minimum Gasteiger partial charge on any atom is -0.359 e. The van der Waals surface area contributed by atoms with Gasteiger partial charge in [-0.25, -0.2) is 4.98 Å². The predicted octanol–water partition coefficient (Wildman–Crippen LogP) is 0.683. The standard InChI is InChI=1S/C10H14IN3O2/c1-7-9(11)10(16)14(6-13-7)5-3-4-8(15)12-2/h6H,3-5H2,1-2H3,(H,12,15). The van der Waals surface area contributed by atoms with Crippen molar-refractivity contribution in [2.75, 3.05) is 7.05 Å². The van der Waals surface area contributed by atoms with Crippen LogP contribution in [0.5, 0.6) is 0 Å². The molecule has 0 saturated heterocycles.